The smallest absolute Gasteiger partial charge is 0.134 e. The molecule has 2 rings (SSSR count). The number of ketones is 1. The molecule has 0 spiro atoms. The van der Waals surface area contributed by atoms with Crippen molar-refractivity contribution in [1.82, 2.24) is 0 Å². The first-order valence-corrected chi connectivity index (χ1v) is 5.54. The van der Waals surface area contributed by atoms with E-state index in [1.165, 1.54) is 6.92 Å². The Bertz CT molecular complexity index is 426. The van der Waals surface area contributed by atoms with Crippen LogP contribution in [0.3, 0.4) is 0 Å². The van der Waals surface area contributed by atoms with E-state index in [1.807, 2.05) is 0 Å². The minimum Gasteiger partial charge on any atom is -0.506 e. The summed E-state index contributed by atoms with van der Waals surface area (Å²) in [5, 5.41) is 9.86. The molecule has 3 nitrogen and oxygen atoms in total. The second-order valence-electron chi connectivity index (χ2n) is 3.65. The predicted octanol–water partition coefficient (Wildman–Crippen LogP) is 2.22. The molecule has 1 aromatic rings. The van der Waals surface area contributed by atoms with Crippen LogP contribution in [0, 0.1) is 0 Å². The summed E-state index contributed by atoms with van der Waals surface area (Å²) in [6.45, 7) is 2.14. The SMILES string of the molecule is CC(=O)Cc1cc2c(c(Br)c1O)CCO2. The Morgan fingerprint density at radius 3 is 3.07 bits per heavy atom. The van der Waals surface area contributed by atoms with Crippen LogP contribution in [0.2, 0.25) is 0 Å². The number of hydrogen-bond donors (Lipinski definition) is 1. The molecule has 80 valence electrons. The third-order valence-electron chi connectivity index (χ3n) is 2.43. The maximum atomic E-state index is 11.0. The normalized spacial score (nSPS) is 13.5. The van der Waals surface area contributed by atoms with Crippen LogP contribution in [0.25, 0.3) is 0 Å². The zero-order valence-corrected chi connectivity index (χ0v) is 9.93. The summed E-state index contributed by atoms with van der Waals surface area (Å²) in [7, 11) is 0. The summed E-state index contributed by atoms with van der Waals surface area (Å²) < 4.78 is 6.06. The molecule has 0 amide bonds. The van der Waals surface area contributed by atoms with Gasteiger partial charge in [-0.3, -0.25) is 4.79 Å². The Labute approximate surface area is 96.2 Å². The van der Waals surface area contributed by atoms with Crippen molar-refractivity contribution in [2.24, 2.45) is 0 Å². The number of rotatable bonds is 2. The number of Topliss-reactive ketones (excluding diaryl/α,β-unsaturated/α-hetero) is 1. The van der Waals surface area contributed by atoms with E-state index in [0.717, 1.165) is 17.7 Å². The number of aromatic hydroxyl groups is 1. The highest BCUT2D eigenvalue weighted by Gasteiger charge is 2.21. The van der Waals surface area contributed by atoms with Crippen LogP contribution >= 0.6 is 15.9 Å². The van der Waals surface area contributed by atoms with Gasteiger partial charge >= 0.3 is 0 Å². The molecule has 0 saturated heterocycles. The largest absolute Gasteiger partial charge is 0.506 e. The first-order chi connectivity index (χ1) is 7.09. The second kappa shape index (κ2) is 3.85. The average Bonchev–Trinajstić information content (AvgIpc) is 2.61. The van der Waals surface area contributed by atoms with E-state index in [4.69, 9.17) is 4.74 Å². The highest BCUT2D eigenvalue weighted by molar-refractivity contribution is 9.10. The molecule has 0 fully saturated rings. The van der Waals surface area contributed by atoms with Crippen LogP contribution in [-0.2, 0) is 17.6 Å². The number of carbonyl (C=O) groups is 1. The molecule has 0 atom stereocenters. The monoisotopic (exact) mass is 270 g/mol. The minimum atomic E-state index is 0.0233. The highest BCUT2D eigenvalue weighted by Crippen LogP contribution is 2.40. The quantitative estimate of drug-likeness (QED) is 0.897. The minimum absolute atomic E-state index is 0.0233. The molecule has 0 aromatic heterocycles. The first kappa shape index (κ1) is 10.5. The third kappa shape index (κ3) is 1.86. The van der Waals surface area contributed by atoms with Crippen molar-refractivity contribution in [1.29, 1.82) is 0 Å². The van der Waals surface area contributed by atoms with Gasteiger partial charge in [-0.05, 0) is 28.9 Å². The van der Waals surface area contributed by atoms with Gasteiger partial charge < -0.3 is 9.84 Å². The van der Waals surface area contributed by atoms with E-state index in [2.05, 4.69) is 15.9 Å². The van der Waals surface area contributed by atoms with Gasteiger partial charge in [-0.1, -0.05) is 0 Å². The van der Waals surface area contributed by atoms with Gasteiger partial charge in [-0.25, -0.2) is 0 Å². The molecule has 0 aliphatic carbocycles. The third-order valence-corrected chi connectivity index (χ3v) is 3.28. The van der Waals surface area contributed by atoms with E-state index in [-0.39, 0.29) is 18.0 Å². The number of hydrogen-bond acceptors (Lipinski definition) is 3. The van der Waals surface area contributed by atoms with Gasteiger partial charge in [-0.2, -0.15) is 0 Å². The molecule has 1 aliphatic rings. The van der Waals surface area contributed by atoms with Crippen LogP contribution in [0.1, 0.15) is 18.1 Å². The van der Waals surface area contributed by atoms with Crippen LogP contribution in [-0.4, -0.2) is 17.5 Å². The van der Waals surface area contributed by atoms with E-state index in [0.29, 0.717) is 16.6 Å². The summed E-state index contributed by atoms with van der Waals surface area (Å²) in [5.41, 5.74) is 1.61. The lowest BCUT2D eigenvalue weighted by atomic mass is 10.0. The molecule has 1 aliphatic heterocycles. The Hall–Kier alpha value is -1.03. The maximum Gasteiger partial charge on any atom is 0.134 e. The Balaban J connectivity index is 2.49. The number of halogens is 1. The maximum absolute atomic E-state index is 11.0. The van der Waals surface area contributed by atoms with Gasteiger partial charge in [0, 0.05) is 24.0 Å². The molecule has 15 heavy (non-hydrogen) atoms. The molecule has 0 radical (unpaired) electrons. The fourth-order valence-electron chi connectivity index (χ4n) is 1.73. The van der Waals surface area contributed by atoms with Gasteiger partial charge in [0.05, 0.1) is 11.1 Å². The first-order valence-electron chi connectivity index (χ1n) is 4.75. The van der Waals surface area contributed by atoms with Crippen molar-refractivity contribution in [2.75, 3.05) is 6.61 Å². The van der Waals surface area contributed by atoms with E-state index >= 15 is 0 Å². The van der Waals surface area contributed by atoms with E-state index < -0.39 is 0 Å². The van der Waals surface area contributed by atoms with Crippen molar-refractivity contribution in [3.05, 3.63) is 21.7 Å². The van der Waals surface area contributed by atoms with Crippen LogP contribution in [0.4, 0.5) is 0 Å². The van der Waals surface area contributed by atoms with Crippen LogP contribution in [0.5, 0.6) is 11.5 Å². The molecular weight excluding hydrogens is 260 g/mol. The number of ether oxygens (including phenoxy) is 1. The Morgan fingerprint density at radius 1 is 1.67 bits per heavy atom. The van der Waals surface area contributed by atoms with E-state index in [9.17, 15) is 9.90 Å². The summed E-state index contributed by atoms with van der Waals surface area (Å²) in [6, 6.07) is 1.75. The lowest BCUT2D eigenvalue weighted by Crippen LogP contribution is -1.98. The van der Waals surface area contributed by atoms with Crippen LogP contribution < -0.4 is 4.74 Å². The summed E-state index contributed by atoms with van der Waals surface area (Å²) in [6.07, 6.45) is 1.03. The van der Waals surface area contributed by atoms with Crippen molar-refractivity contribution in [3.8, 4) is 11.5 Å². The van der Waals surface area contributed by atoms with Gasteiger partial charge in [0.25, 0.3) is 0 Å². The number of benzene rings is 1. The van der Waals surface area contributed by atoms with Crippen LogP contribution in [0.15, 0.2) is 10.5 Å². The molecule has 0 saturated carbocycles. The molecule has 0 unspecified atom stereocenters. The summed E-state index contributed by atoms with van der Waals surface area (Å²) >= 11 is 3.33. The fourth-order valence-corrected chi connectivity index (χ4v) is 2.38. The molecular formula is C11H11BrO3. The van der Waals surface area contributed by atoms with Gasteiger partial charge in [-0.15, -0.1) is 0 Å². The molecule has 1 N–H and O–H groups in total. The van der Waals surface area contributed by atoms with E-state index in [1.54, 1.807) is 6.07 Å². The second-order valence-corrected chi connectivity index (χ2v) is 4.45. The Morgan fingerprint density at radius 2 is 2.40 bits per heavy atom. The molecule has 1 aromatic carbocycles. The van der Waals surface area contributed by atoms with Crippen molar-refractivity contribution in [3.63, 3.8) is 0 Å². The zero-order chi connectivity index (χ0) is 11.0. The standard InChI is InChI=1S/C11H11BrO3/c1-6(13)4-7-5-9-8(2-3-15-9)10(12)11(7)14/h5,14H,2-4H2,1H3. The predicted molar refractivity (Wildman–Crippen MR) is 59.4 cm³/mol. The zero-order valence-electron chi connectivity index (χ0n) is 8.34. The molecule has 0 bridgehead atoms. The lowest BCUT2D eigenvalue weighted by molar-refractivity contribution is -0.116. The fraction of sp³-hybridized carbons (Fsp3) is 0.364. The summed E-state index contributed by atoms with van der Waals surface area (Å²) in [4.78, 5) is 11.0. The van der Waals surface area contributed by atoms with Gasteiger partial charge in [0.2, 0.25) is 0 Å². The van der Waals surface area contributed by atoms with Gasteiger partial charge in [0.1, 0.15) is 17.3 Å². The lowest BCUT2D eigenvalue weighted by Gasteiger charge is -2.09. The van der Waals surface area contributed by atoms with Crippen molar-refractivity contribution < 1.29 is 14.6 Å². The van der Waals surface area contributed by atoms with Crippen molar-refractivity contribution in [2.45, 2.75) is 19.8 Å². The topological polar surface area (TPSA) is 46.5 Å². The number of phenolic OH excluding ortho intramolecular Hbond substituents is 1. The summed E-state index contributed by atoms with van der Waals surface area (Å²) in [5.74, 6) is 0.959. The molecule has 1 heterocycles. The number of phenols is 1. The number of carbonyl (C=O) groups excluding carboxylic acids is 1. The van der Waals surface area contributed by atoms with Gasteiger partial charge in [0.15, 0.2) is 0 Å². The highest BCUT2D eigenvalue weighted by atomic mass is 79.9. The average molecular weight is 271 g/mol. The number of fused-ring (bicyclic) bond motifs is 1. The van der Waals surface area contributed by atoms with Crippen molar-refractivity contribution >= 4 is 21.7 Å². The molecule has 4 heteroatoms. The Kier molecular flexibility index (Phi) is 2.69.